The second-order valence-electron chi connectivity index (χ2n) is 5.93. The summed E-state index contributed by atoms with van der Waals surface area (Å²) in [6.07, 6.45) is 7.00. The van der Waals surface area contributed by atoms with Crippen molar-refractivity contribution in [1.82, 2.24) is 15.6 Å². The molecule has 3 rings (SSSR count). The van der Waals surface area contributed by atoms with Gasteiger partial charge >= 0.3 is 5.97 Å². The molecule has 2 aromatic rings. The van der Waals surface area contributed by atoms with Crippen LogP contribution in [-0.2, 0) is 9.53 Å². The van der Waals surface area contributed by atoms with Crippen molar-refractivity contribution in [2.75, 3.05) is 19.7 Å². The molecular formula is C20H18BrFN4O2S. The molecule has 0 radical (unpaired) electrons. The maximum absolute atomic E-state index is 13.7. The van der Waals surface area contributed by atoms with Crippen LogP contribution in [0.25, 0.3) is 0 Å². The maximum Gasteiger partial charge on any atom is 0.338 e. The number of rotatable bonds is 7. The maximum atomic E-state index is 13.7. The van der Waals surface area contributed by atoms with Gasteiger partial charge in [-0.2, -0.15) is 0 Å². The Morgan fingerprint density at radius 1 is 1.52 bits per heavy atom. The molecule has 0 spiro atoms. The van der Waals surface area contributed by atoms with E-state index in [1.807, 2.05) is 5.38 Å². The molecule has 150 valence electrons. The third-order valence-electron chi connectivity index (χ3n) is 4.04. The molecule has 0 bridgehead atoms. The van der Waals surface area contributed by atoms with Crippen LogP contribution in [0.15, 0.2) is 50.5 Å². The van der Waals surface area contributed by atoms with Crippen molar-refractivity contribution in [3.8, 4) is 12.3 Å². The van der Waals surface area contributed by atoms with Crippen molar-refractivity contribution in [2.24, 2.45) is 4.99 Å². The van der Waals surface area contributed by atoms with Crippen molar-refractivity contribution in [1.29, 1.82) is 0 Å². The van der Waals surface area contributed by atoms with E-state index in [1.165, 1.54) is 23.5 Å². The number of thiazole rings is 1. The third-order valence-corrected chi connectivity index (χ3v) is 5.51. The van der Waals surface area contributed by atoms with Crippen LogP contribution in [0.2, 0.25) is 0 Å². The van der Waals surface area contributed by atoms with Crippen LogP contribution in [0, 0.1) is 18.2 Å². The van der Waals surface area contributed by atoms with Crippen LogP contribution >= 0.6 is 27.3 Å². The number of hydrogen-bond acceptors (Lipinski definition) is 7. The van der Waals surface area contributed by atoms with Crippen molar-refractivity contribution in [3.05, 3.63) is 61.9 Å². The normalized spacial score (nSPS) is 16.1. The van der Waals surface area contributed by atoms with Crippen molar-refractivity contribution in [3.63, 3.8) is 0 Å². The van der Waals surface area contributed by atoms with Crippen molar-refractivity contribution < 1.29 is 13.9 Å². The fourth-order valence-corrected chi connectivity index (χ4v) is 4.00. The second kappa shape index (κ2) is 9.78. The molecule has 0 saturated heterocycles. The highest BCUT2D eigenvalue weighted by atomic mass is 79.9. The molecule has 0 aliphatic carbocycles. The average molecular weight is 477 g/mol. The van der Waals surface area contributed by atoms with E-state index in [0.717, 1.165) is 0 Å². The average Bonchev–Trinajstić information content (AvgIpc) is 3.22. The second-order valence-corrected chi connectivity index (χ2v) is 7.68. The zero-order valence-corrected chi connectivity index (χ0v) is 17.9. The van der Waals surface area contributed by atoms with E-state index in [4.69, 9.17) is 16.2 Å². The fraction of sp³-hybridized carbons (Fsp3) is 0.250. The Morgan fingerprint density at radius 3 is 3.00 bits per heavy atom. The number of nitrogens with zero attached hydrogens (tertiary/aromatic N) is 2. The first kappa shape index (κ1) is 21.2. The molecular weight excluding hydrogens is 459 g/mol. The lowest BCUT2D eigenvalue weighted by Gasteiger charge is -2.27. The Kier molecular flexibility index (Phi) is 7.14. The van der Waals surface area contributed by atoms with Gasteiger partial charge in [-0.1, -0.05) is 27.9 Å². The fourth-order valence-electron chi connectivity index (χ4n) is 2.84. The first-order valence-corrected chi connectivity index (χ1v) is 10.5. The van der Waals surface area contributed by atoms with E-state index in [0.29, 0.717) is 45.2 Å². The highest BCUT2D eigenvalue weighted by Crippen LogP contribution is 2.36. The van der Waals surface area contributed by atoms with Crippen LogP contribution in [-0.4, -0.2) is 36.5 Å². The van der Waals surface area contributed by atoms with E-state index in [-0.39, 0.29) is 6.61 Å². The first-order chi connectivity index (χ1) is 14.0. The number of carbonyl (C=O) groups excluding carboxylic acids is 1. The lowest BCUT2D eigenvalue weighted by atomic mass is 9.95. The lowest BCUT2D eigenvalue weighted by molar-refractivity contribution is -0.139. The molecule has 6 nitrogen and oxygen atoms in total. The van der Waals surface area contributed by atoms with E-state index >= 15 is 0 Å². The molecule has 1 unspecified atom stereocenters. The number of amidine groups is 1. The summed E-state index contributed by atoms with van der Waals surface area (Å²) in [7, 11) is 0. The van der Waals surface area contributed by atoms with Crippen LogP contribution in [0.3, 0.4) is 0 Å². The summed E-state index contributed by atoms with van der Waals surface area (Å²) in [5.41, 5.74) is 1.56. The smallest absolute Gasteiger partial charge is 0.338 e. The highest BCUT2D eigenvalue weighted by molar-refractivity contribution is 9.10. The van der Waals surface area contributed by atoms with Gasteiger partial charge in [-0.3, -0.25) is 4.99 Å². The number of hydrogen-bond donors (Lipinski definition) is 2. The number of aliphatic imine (C=N–C) groups is 1. The Balaban J connectivity index is 2.13. The number of aromatic nitrogens is 1. The molecule has 1 aliphatic heterocycles. The van der Waals surface area contributed by atoms with Crippen molar-refractivity contribution in [2.45, 2.75) is 13.0 Å². The number of terminal acetylenes is 1. The molecule has 2 N–H and O–H groups in total. The number of esters is 1. The molecule has 0 saturated carbocycles. The summed E-state index contributed by atoms with van der Waals surface area (Å²) in [6, 6.07) is 3.57. The topological polar surface area (TPSA) is 75.6 Å². The Morgan fingerprint density at radius 2 is 2.34 bits per heavy atom. The van der Waals surface area contributed by atoms with E-state index in [1.54, 1.807) is 19.2 Å². The standard InChI is InChI=1S/C20H18BrFN4O2S/c1-3-7-23-11-15-16(20(27)28-4-2)17(13-6-5-12(22)10-14(13)21)26-18(25-15)19-24-8-9-29-19/h1,5-6,8-10,17,23H,4,7,11H2,2H3,(H,25,26). The van der Waals surface area contributed by atoms with E-state index in [9.17, 15) is 9.18 Å². The SMILES string of the molecule is C#CCNCC1=C(C(=O)OCC)C(c2ccc(F)cc2Br)N=C(c2nccs2)N1. The number of ether oxygens (including phenoxy) is 1. The molecule has 29 heavy (non-hydrogen) atoms. The van der Waals surface area contributed by atoms with Gasteiger partial charge in [0.05, 0.1) is 18.7 Å². The zero-order chi connectivity index (χ0) is 20.8. The van der Waals surface area contributed by atoms with Gasteiger partial charge in [0, 0.05) is 28.3 Å². The summed E-state index contributed by atoms with van der Waals surface area (Å²) in [5, 5.41) is 8.78. The Hall–Kier alpha value is -2.54. The van der Waals surface area contributed by atoms with Gasteiger partial charge in [0.15, 0.2) is 10.8 Å². The monoisotopic (exact) mass is 476 g/mol. The quantitative estimate of drug-likeness (QED) is 0.364. The van der Waals surface area contributed by atoms with Gasteiger partial charge in [-0.25, -0.2) is 14.2 Å². The molecule has 1 aromatic carbocycles. The van der Waals surface area contributed by atoms with Crippen molar-refractivity contribution >= 4 is 39.1 Å². The number of halogens is 2. The van der Waals surface area contributed by atoms with Crippen LogP contribution in [0.5, 0.6) is 0 Å². The minimum atomic E-state index is -0.702. The minimum absolute atomic E-state index is 0.216. The van der Waals surface area contributed by atoms with Gasteiger partial charge in [0.2, 0.25) is 0 Å². The summed E-state index contributed by atoms with van der Waals surface area (Å²) < 4.78 is 19.4. The van der Waals surface area contributed by atoms with E-state index < -0.39 is 17.8 Å². The molecule has 0 fully saturated rings. The molecule has 2 heterocycles. The van der Waals surface area contributed by atoms with Gasteiger partial charge in [-0.05, 0) is 24.6 Å². The third kappa shape index (κ3) is 4.90. The molecule has 1 atom stereocenters. The largest absolute Gasteiger partial charge is 0.463 e. The van der Waals surface area contributed by atoms with Gasteiger partial charge < -0.3 is 15.4 Å². The lowest BCUT2D eigenvalue weighted by Crippen LogP contribution is -2.38. The van der Waals surface area contributed by atoms with Gasteiger partial charge in [0.1, 0.15) is 11.9 Å². The number of carbonyl (C=O) groups is 1. The summed E-state index contributed by atoms with van der Waals surface area (Å²) in [6.45, 7) is 2.58. The number of benzene rings is 1. The van der Waals surface area contributed by atoms with Crippen LogP contribution < -0.4 is 10.6 Å². The Labute approximate surface area is 180 Å². The van der Waals surface area contributed by atoms with E-state index in [2.05, 4.69) is 37.5 Å². The summed E-state index contributed by atoms with van der Waals surface area (Å²) >= 11 is 4.81. The molecule has 1 aliphatic rings. The van der Waals surface area contributed by atoms with Crippen LogP contribution in [0.4, 0.5) is 4.39 Å². The Bertz CT molecular complexity index is 998. The minimum Gasteiger partial charge on any atom is -0.463 e. The zero-order valence-electron chi connectivity index (χ0n) is 15.5. The highest BCUT2D eigenvalue weighted by Gasteiger charge is 2.33. The molecule has 9 heteroatoms. The number of nitrogens with one attached hydrogen (secondary N) is 2. The molecule has 0 amide bonds. The predicted octanol–water partition coefficient (Wildman–Crippen LogP) is 3.18. The van der Waals surface area contributed by atoms with Crippen LogP contribution in [0.1, 0.15) is 23.5 Å². The summed E-state index contributed by atoms with van der Waals surface area (Å²) in [4.78, 5) is 21.9. The molecule has 1 aromatic heterocycles. The van der Waals surface area contributed by atoms with Gasteiger partial charge in [0.25, 0.3) is 0 Å². The first-order valence-electron chi connectivity index (χ1n) is 8.79. The summed E-state index contributed by atoms with van der Waals surface area (Å²) in [5.74, 6) is 2.13. The van der Waals surface area contributed by atoms with Gasteiger partial charge in [-0.15, -0.1) is 17.8 Å². The predicted molar refractivity (Wildman–Crippen MR) is 114 cm³/mol.